The van der Waals surface area contributed by atoms with Crippen LogP contribution in [-0.2, 0) is 4.74 Å². The molecule has 84 valence electrons. The molecular formula is C10H16ClN3O. The van der Waals surface area contributed by atoms with E-state index in [1.807, 2.05) is 17.9 Å². The summed E-state index contributed by atoms with van der Waals surface area (Å²) in [6.07, 6.45) is 1.76. The van der Waals surface area contributed by atoms with E-state index in [2.05, 4.69) is 9.97 Å². The van der Waals surface area contributed by atoms with Crippen molar-refractivity contribution in [2.45, 2.75) is 6.92 Å². The second-order valence-corrected chi connectivity index (χ2v) is 3.54. The third-order valence-electron chi connectivity index (χ3n) is 1.98. The van der Waals surface area contributed by atoms with Gasteiger partial charge in [-0.05, 0) is 13.0 Å². The summed E-state index contributed by atoms with van der Waals surface area (Å²) >= 11 is 5.73. The van der Waals surface area contributed by atoms with E-state index in [9.17, 15) is 0 Å². The Balaban J connectivity index is 2.69. The van der Waals surface area contributed by atoms with E-state index in [0.29, 0.717) is 18.4 Å². The van der Waals surface area contributed by atoms with Gasteiger partial charge in [-0.3, -0.25) is 0 Å². The maximum atomic E-state index is 5.73. The van der Waals surface area contributed by atoms with Gasteiger partial charge < -0.3 is 9.64 Å². The molecule has 0 unspecified atom stereocenters. The lowest BCUT2D eigenvalue weighted by molar-refractivity contribution is 0.205. The maximum absolute atomic E-state index is 5.73. The Labute approximate surface area is 95.2 Å². The first-order valence-corrected chi connectivity index (χ1v) is 5.41. The van der Waals surface area contributed by atoms with E-state index in [0.717, 1.165) is 18.8 Å². The minimum Gasteiger partial charge on any atom is -0.383 e. The zero-order valence-corrected chi connectivity index (χ0v) is 9.87. The topological polar surface area (TPSA) is 38.2 Å². The molecule has 0 amide bonds. The van der Waals surface area contributed by atoms with Crippen molar-refractivity contribution in [3.05, 3.63) is 18.0 Å². The van der Waals surface area contributed by atoms with Crippen LogP contribution in [0.4, 0.5) is 5.95 Å². The standard InChI is InChI=1S/C10H16ClN3O/c1-9-3-5-12-10(13-9)14(6-4-11)7-8-15-2/h3,5H,4,6-8H2,1-2H3. The lowest BCUT2D eigenvalue weighted by Gasteiger charge is -2.21. The molecule has 1 heterocycles. The second kappa shape index (κ2) is 6.58. The Morgan fingerprint density at radius 3 is 2.87 bits per heavy atom. The lowest BCUT2D eigenvalue weighted by atomic mass is 10.4. The highest BCUT2D eigenvalue weighted by molar-refractivity contribution is 6.18. The maximum Gasteiger partial charge on any atom is 0.225 e. The molecule has 0 radical (unpaired) electrons. The van der Waals surface area contributed by atoms with Crippen molar-refractivity contribution in [3.8, 4) is 0 Å². The normalized spacial score (nSPS) is 10.3. The van der Waals surface area contributed by atoms with Crippen molar-refractivity contribution < 1.29 is 4.74 Å². The molecule has 15 heavy (non-hydrogen) atoms. The van der Waals surface area contributed by atoms with E-state index in [1.165, 1.54) is 0 Å². The predicted molar refractivity (Wildman–Crippen MR) is 61.6 cm³/mol. The molecule has 5 heteroatoms. The van der Waals surface area contributed by atoms with E-state index in [-0.39, 0.29) is 0 Å². The summed E-state index contributed by atoms with van der Waals surface area (Å²) in [5.74, 6) is 1.27. The van der Waals surface area contributed by atoms with Crippen LogP contribution in [0.3, 0.4) is 0 Å². The molecule has 0 saturated heterocycles. The Morgan fingerprint density at radius 1 is 1.47 bits per heavy atom. The van der Waals surface area contributed by atoms with E-state index in [1.54, 1.807) is 13.3 Å². The van der Waals surface area contributed by atoms with Crippen LogP contribution in [-0.4, -0.2) is 42.7 Å². The van der Waals surface area contributed by atoms with Crippen molar-refractivity contribution in [2.75, 3.05) is 37.6 Å². The van der Waals surface area contributed by atoms with E-state index in [4.69, 9.17) is 16.3 Å². The van der Waals surface area contributed by atoms with Gasteiger partial charge in [-0.15, -0.1) is 11.6 Å². The van der Waals surface area contributed by atoms with E-state index < -0.39 is 0 Å². The molecule has 0 aliphatic carbocycles. The number of anilines is 1. The molecule has 0 aromatic carbocycles. The Kier molecular flexibility index (Phi) is 5.36. The van der Waals surface area contributed by atoms with Crippen LogP contribution >= 0.6 is 11.6 Å². The molecule has 0 aliphatic rings. The first kappa shape index (κ1) is 12.2. The van der Waals surface area contributed by atoms with Gasteiger partial charge in [0.2, 0.25) is 5.95 Å². The number of hydrogen-bond acceptors (Lipinski definition) is 4. The third kappa shape index (κ3) is 4.01. The summed E-state index contributed by atoms with van der Waals surface area (Å²) < 4.78 is 5.03. The minimum absolute atomic E-state index is 0.557. The van der Waals surface area contributed by atoms with Crippen molar-refractivity contribution in [2.24, 2.45) is 0 Å². The Bertz CT molecular complexity index is 296. The Hall–Kier alpha value is -0.870. The number of halogens is 1. The molecule has 0 aliphatic heterocycles. The number of ether oxygens (including phenoxy) is 1. The van der Waals surface area contributed by atoms with Crippen molar-refractivity contribution in [1.82, 2.24) is 9.97 Å². The summed E-state index contributed by atoms with van der Waals surface area (Å²) in [4.78, 5) is 10.6. The van der Waals surface area contributed by atoms with Gasteiger partial charge in [0.1, 0.15) is 0 Å². The third-order valence-corrected chi connectivity index (χ3v) is 2.15. The summed E-state index contributed by atoms with van der Waals surface area (Å²) in [5, 5.41) is 0. The molecule has 4 nitrogen and oxygen atoms in total. The van der Waals surface area contributed by atoms with Crippen molar-refractivity contribution in [3.63, 3.8) is 0 Å². The van der Waals surface area contributed by atoms with Crippen molar-refractivity contribution >= 4 is 17.5 Å². The highest BCUT2D eigenvalue weighted by Gasteiger charge is 2.08. The van der Waals surface area contributed by atoms with Gasteiger partial charge in [0.25, 0.3) is 0 Å². The zero-order valence-electron chi connectivity index (χ0n) is 9.11. The summed E-state index contributed by atoms with van der Waals surface area (Å²) in [7, 11) is 1.68. The molecule has 0 N–H and O–H groups in total. The fraction of sp³-hybridized carbons (Fsp3) is 0.600. The fourth-order valence-corrected chi connectivity index (χ4v) is 1.41. The molecular weight excluding hydrogens is 214 g/mol. The van der Waals surface area contributed by atoms with E-state index >= 15 is 0 Å². The van der Waals surface area contributed by atoms with Gasteiger partial charge in [-0.2, -0.15) is 0 Å². The Morgan fingerprint density at radius 2 is 2.27 bits per heavy atom. The largest absolute Gasteiger partial charge is 0.383 e. The van der Waals surface area contributed by atoms with Gasteiger partial charge in [0.15, 0.2) is 0 Å². The molecule has 0 spiro atoms. The van der Waals surface area contributed by atoms with Gasteiger partial charge in [0, 0.05) is 38.0 Å². The van der Waals surface area contributed by atoms with Crippen LogP contribution in [0, 0.1) is 6.92 Å². The molecule has 1 aromatic rings. The number of aryl methyl sites for hydroxylation is 1. The van der Waals surface area contributed by atoms with Gasteiger partial charge in [0.05, 0.1) is 6.61 Å². The number of methoxy groups -OCH3 is 1. The van der Waals surface area contributed by atoms with Crippen LogP contribution in [0.25, 0.3) is 0 Å². The average Bonchev–Trinajstić information content (AvgIpc) is 2.24. The van der Waals surface area contributed by atoms with Crippen LogP contribution in [0.2, 0.25) is 0 Å². The summed E-state index contributed by atoms with van der Waals surface area (Å²) in [6.45, 7) is 4.08. The number of alkyl halides is 1. The SMILES string of the molecule is COCCN(CCCl)c1nccc(C)n1. The highest BCUT2D eigenvalue weighted by Crippen LogP contribution is 2.06. The van der Waals surface area contributed by atoms with Crippen LogP contribution in [0.15, 0.2) is 12.3 Å². The summed E-state index contributed by atoms with van der Waals surface area (Å²) in [6, 6.07) is 1.87. The number of rotatable bonds is 6. The summed E-state index contributed by atoms with van der Waals surface area (Å²) in [5.41, 5.74) is 0.956. The van der Waals surface area contributed by atoms with Gasteiger partial charge in [-0.1, -0.05) is 0 Å². The molecule has 0 fully saturated rings. The first-order chi connectivity index (χ1) is 7.27. The smallest absolute Gasteiger partial charge is 0.225 e. The quantitative estimate of drug-likeness (QED) is 0.693. The van der Waals surface area contributed by atoms with Crippen molar-refractivity contribution in [1.29, 1.82) is 0 Å². The highest BCUT2D eigenvalue weighted by atomic mass is 35.5. The number of aromatic nitrogens is 2. The number of hydrogen-bond donors (Lipinski definition) is 0. The average molecular weight is 230 g/mol. The predicted octanol–water partition coefficient (Wildman–Crippen LogP) is 1.48. The van der Waals surface area contributed by atoms with Crippen LogP contribution < -0.4 is 4.90 Å². The second-order valence-electron chi connectivity index (χ2n) is 3.17. The molecule has 0 saturated carbocycles. The zero-order chi connectivity index (χ0) is 11.1. The van der Waals surface area contributed by atoms with Gasteiger partial charge >= 0.3 is 0 Å². The van der Waals surface area contributed by atoms with Crippen LogP contribution in [0.1, 0.15) is 5.69 Å². The van der Waals surface area contributed by atoms with Crippen LogP contribution in [0.5, 0.6) is 0 Å². The van der Waals surface area contributed by atoms with Gasteiger partial charge in [-0.25, -0.2) is 9.97 Å². The monoisotopic (exact) mass is 229 g/mol. The number of nitrogens with zero attached hydrogens (tertiary/aromatic N) is 3. The molecule has 1 aromatic heterocycles. The first-order valence-electron chi connectivity index (χ1n) is 4.87. The lowest BCUT2D eigenvalue weighted by Crippen LogP contribution is -2.30. The fourth-order valence-electron chi connectivity index (χ4n) is 1.20. The molecule has 1 rings (SSSR count). The minimum atomic E-state index is 0.557. The molecule has 0 bridgehead atoms. The molecule has 0 atom stereocenters.